The van der Waals surface area contributed by atoms with Gasteiger partial charge in [-0.3, -0.25) is 9.97 Å². The van der Waals surface area contributed by atoms with Gasteiger partial charge in [-0.2, -0.15) is 0 Å². The van der Waals surface area contributed by atoms with Crippen molar-refractivity contribution < 1.29 is 4.74 Å². The Kier molecular flexibility index (Phi) is 4.73. The molecular weight excluding hydrogens is 326 g/mol. The fourth-order valence-corrected chi connectivity index (χ4v) is 3.48. The van der Waals surface area contributed by atoms with Crippen molar-refractivity contribution in [3.05, 3.63) is 60.8 Å². The van der Waals surface area contributed by atoms with E-state index in [1.165, 1.54) is 0 Å². The number of piperidine rings is 1. The summed E-state index contributed by atoms with van der Waals surface area (Å²) in [5.41, 5.74) is 2.98. The second kappa shape index (κ2) is 7.47. The molecule has 6 heteroatoms. The fourth-order valence-electron chi connectivity index (χ4n) is 3.48. The van der Waals surface area contributed by atoms with Gasteiger partial charge in [0.2, 0.25) is 5.95 Å². The van der Waals surface area contributed by atoms with Crippen molar-refractivity contribution in [3.8, 4) is 17.0 Å². The molecule has 0 amide bonds. The lowest BCUT2D eigenvalue weighted by Crippen LogP contribution is -2.36. The van der Waals surface area contributed by atoms with Crippen LogP contribution in [0.3, 0.4) is 0 Å². The number of aromatic nitrogens is 4. The van der Waals surface area contributed by atoms with Crippen LogP contribution in [0.2, 0.25) is 0 Å². The lowest BCUT2D eigenvalue weighted by Gasteiger charge is -2.32. The van der Waals surface area contributed by atoms with Crippen LogP contribution in [-0.4, -0.2) is 40.1 Å². The van der Waals surface area contributed by atoms with Crippen LogP contribution < -0.4 is 9.64 Å². The Morgan fingerprint density at radius 1 is 1.00 bits per heavy atom. The van der Waals surface area contributed by atoms with Crippen molar-refractivity contribution in [2.45, 2.75) is 18.8 Å². The molecule has 1 aromatic carbocycles. The van der Waals surface area contributed by atoms with Gasteiger partial charge in [0.05, 0.1) is 18.5 Å². The number of hydrogen-bond acceptors (Lipinski definition) is 6. The molecule has 0 radical (unpaired) electrons. The van der Waals surface area contributed by atoms with E-state index >= 15 is 0 Å². The normalized spacial score (nSPS) is 17.1. The van der Waals surface area contributed by atoms with Gasteiger partial charge in [0, 0.05) is 49.4 Å². The molecule has 1 fully saturated rings. The van der Waals surface area contributed by atoms with E-state index in [-0.39, 0.29) is 0 Å². The summed E-state index contributed by atoms with van der Waals surface area (Å²) in [6, 6.07) is 9.83. The first kappa shape index (κ1) is 16.4. The number of nitrogens with zero attached hydrogens (tertiary/aromatic N) is 5. The molecule has 26 heavy (non-hydrogen) atoms. The molecule has 1 atom stereocenters. The third kappa shape index (κ3) is 3.35. The highest BCUT2D eigenvalue weighted by atomic mass is 16.5. The Labute approximate surface area is 152 Å². The largest absolute Gasteiger partial charge is 0.497 e. The SMILES string of the molecule is COc1cccc(-c2nccnc2C2CCCN(c3ncccn3)C2)c1. The van der Waals surface area contributed by atoms with Gasteiger partial charge in [-0.05, 0) is 31.0 Å². The Bertz CT molecular complexity index is 871. The first-order valence-electron chi connectivity index (χ1n) is 8.82. The van der Waals surface area contributed by atoms with Gasteiger partial charge in [-0.25, -0.2) is 9.97 Å². The molecular formula is C20H21N5O. The van der Waals surface area contributed by atoms with E-state index < -0.39 is 0 Å². The van der Waals surface area contributed by atoms with Gasteiger partial charge in [0.25, 0.3) is 0 Å². The molecule has 132 valence electrons. The first-order chi connectivity index (χ1) is 12.8. The van der Waals surface area contributed by atoms with Gasteiger partial charge >= 0.3 is 0 Å². The molecule has 0 N–H and O–H groups in total. The van der Waals surface area contributed by atoms with E-state index in [1.54, 1.807) is 31.9 Å². The number of benzene rings is 1. The average Bonchev–Trinajstić information content (AvgIpc) is 2.74. The van der Waals surface area contributed by atoms with Crippen LogP contribution >= 0.6 is 0 Å². The molecule has 1 saturated heterocycles. The molecule has 0 aliphatic carbocycles. The van der Waals surface area contributed by atoms with Crippen molar-refractivity contribution in [1.82, 2.24) is 19.9 Å². The molecule has 0 spiro atoms. The Morgan fingerprint density at radius 3 is 2.69 bits per heavy atom. The third-order valence-corrected chi connectivity index (χ3v) is 4.71. The van der Waals surface area contributed by atoms with Crippen LogP contribution in [0, 0.1) is 0 Å². The van der Waals surface area contributed by atoms with Crippen molar-refractivity contribution >= 4 is 5.95 Å². The van der Waals surface area contributed by atoms with Gasteiger partial charge in [-0.1, -0.05) is 12.1 Å². The number of ether oxygens (including phenoxy) is 1. The van der Waals surface area contributed by atoms with Gasteiger partial charge in [0.15, 0.2) is 0 Å². The van der Waals surface area contributed by atoms with E-state index in [2.05, 4.69) is 25.9 Å². The quantitative estimate of drug-likeness (QED) is 0.721. The summed E-state index contributed by atoms with van der Waals surface area (Å²) < 4.78 is 5.36. The molecule has 3 aromatic rings. The summed E-state index contributed by atoms with van der Waals surface area (Å²) in [5, 5.41) is 0. The van der Waals surface area contributed by atoms with E-state index in [9.17, 15) is 0 Å². The average molecular weight is 347 g/mol. The smallest absolute Gasteiger partial charge is 0.225 e. The second-order valence-electron chi connectivity index (χ2n) is 6.36. The summed E-state index contributed by atoms with van der Waals surface area (Å²) in [7, 11) is 1.68. The molecule has 0 bridgehead atoms. The Balaban J connectivity index is 1.65. The van der Waals surface area contributed by atoms with Crippen LogP contribution in [0.4, 0.5) is 5.95 Å². The zero-order valence-electron chi connectivity index (χ0n) is 14.7. The van der Waals surface area contributed by atoms with E-state index in [0.29, 0.717) is 5.92 Å². The zero-order chi connectivity index (χ0) is 17.8. The standard InChI is InChI=1S/C20H21N5O/c1-26-17-7-2-5-15(13-17)18-19(22-11-10-21-18)16-6-3-12-25(14-16)20-23-8-4-9-24-20/h2,4-5,7-11,13,16H,3,6,12,14H2,1H3. The number of rotatable bonds is 4. The molecule has 1 aliphatic rings. The lowest BCUT2D eigenvalue weighted by molar-refractivity contribution is 0.415. The number of hydrogen-bond donors (Lipinski definition) is 0. The molecule has 6 nitrogen and oxygen atoms in total. The predicted molar refractivity (Wildman–Crippen MR) is 100 cm³/mol. The summed E-state index contributed by atoms with van der Waals surface area (Å²) in [6.07, 6.45) is 9.26. The van der Waals surface area contributed by atoms with Crippen LogP contribution in [0.1, 0.15) is 24.5 Å². The van der Waals surface area contributed by atoms with Crippen LogP contribution in [0.5, 0.6) is 5.75 Å². The molecule has 1 unspecified atom stereocenters. The second-order valence-corrected chi connectivity index (χ2v) is 6.36. The molecule has 0 saturated carbocycles. The summed E-state index contributed by atoms with van der Waals surface area (Å²) in [4.78, 5) is 20.3. The van der Waals surface area contributed by atoms with Crippen LogP contribution in [-0.2, 0) is 0 Å². The predicted octanol–water partition coefficient (Wildman–Crippen LogP) is 3.33. The first-order valence-corrected chi connectivity index (χ1v) is 8.82. The summed E-state index contributed by atoms with van der Waals surface area (Å²) in [6.45, 7) is 1.81. The minimum absolute atomic E-state index is 0.294. The highest BCUT2D eigenvalue weighted by Gasteiger charge is 2.26. The molecule has 3 heterocycles. The van der Waals surface area contributed by atoms with Crippen molar-refractivity contribution in [3.63, 3.8) is 0 Å². The van der Waals surface area contributed by atoms with E-state index in [0.717, 1.165) is 54.6 Å². The number of methoxy groups -OCH3 is 1. The van der Waals surface area contributed by atoms with Crippen molar-refractivity contribution in [2.75, 3.05) is 25.1 Å². The van der Waals surface area contributed by atoms with Gasteiger partial charge < -0.3 is 9.64 Å². The molecule has 2 aromatic heterocycles. The monoisotopic (exact) mass is 347 g/mol. The zero-order valence-corrected chi connectivity index (χ0v) is 14.7. The summed E-state index contributed by atoms with van der Waals surface area (Å²) in [5.74, 6) is 1.90. The highest BCUT2D eigenvalue weighted by Crippen LogP contribution is 2.33. The summed E-state index contributed by atoms with van der Waals surface area (Å²) >= 11 is 0. The van der Waals surface area contributed by atoms with Crippen LogP contribution in [0.25, 0.3) is 11.3 Å². The maximum Gasteiger partial charge on any atom is 0.225 e. The molecule has 4 rings (SSSR count). The van der Waals surface area contributed by atoms with Crippen molar-refractivity contribution in [2.24, 2.45) is 0 Å². The Hall–Kier alpha value is -3.02. The topological polar surface area (TPSA) is 64.0 Å². The van der Waals surface area contributed by atoms with Crippen LogP contribution in [0.15, 0.2) is 55.1 Å². The minimum atomic E-state index is 0.294. The highest BCUT2D eigenvalue weighted by molar-refractivity contribution is 5.64. The van der Waals surface area contributed by atoms with Crippen molar-refractivity contribution in [1.29, 1.82) is 0 Å². The van der Waals surface area contributed by atoms with E-state index in [4.69, 9.17) is 9.72 Å². The molecule has 1 aliphatic heterocycles. The number of anilines is 1. The maximum absolute atomic E-state index is 5.36. The third-order valence-electron chi connectivity index (χ3n) is 4.71. The lowest BCUT2D eigenvalue weighted by atomic mass is 9.91. The van der Waals surface area contributed by atoms with Gasteiger partial charge in [0.1, 0.15) is 5.75 Å². The fraction of sp³-hybridized carbons (Fsp3) is 0.300. The maximum atomic E-state index is 5.36. The van der Waals surface area contributed by atoms with E-state index in [1.807, 2.05) is 24.3 Å². The Morgan fingerprint density at radius 2 is 1.85 bits per heavy atom. The van der Waals surface area contributed by atoms with Gasteiger partial charge in [-0.15, -0.1) is 0 Å². The minimum Gasteiger partial charge on any atom is -0.497 e.